The number of fused-ring (bicyclic) bond motifs is 1. The van der Waals surface area contributed by atoms with E-state index in [4.69, 9.17) is 9.84 Å². The Morgan fingerprint density at radius 2 is 1.88 bits per heavy atom. The first-order valence-corrected chi connectivity index (χ1v) is 11.1. The summed E-state index contributed by atoms with van der Waals surface area (Å²) in [5.41, 5.74) is 2.68. The van der Waals surface area contributed by atoms with Crippen molar-refractivity contribution in [2.75, 3.05) is 10.6 Å². The van der Waals surface area contributed by atoms with E-state index < -0.39 is 12.0 Å². The minimum atomic E-state index is -1.35. The molecule has 1 amide bonds. The Bertz CT molecular complexity index is 1030. The van der Waals surface area contributed by atoms with Gasteiger partial charge in [-0.2, -0.15) is 0 Å². The first-order chi connectivity index (χ1) is 15.2. The topological polar surface area (TPSA) is 87.7 Å². The van der Waals surface area contributed by atoms with E-state index in [0.29, 0.717) is 6.42 Å². The Morgan fingerprint density at radius 3 is 2.59 bits per heavy atom. The van der Waals surface area contributed by atoms with Crippen molar-refractivity contribution in [3.63, 3.8) is 0 Å². The number of carbonyl (C=O) groups is 2. The van der Waals surface area contributed by atoms with Crippen LogP contribution in [0, 0.1) is 17.2 Å². The molecule has 1 aliphatic heterocycles. The number of rotatable bonds is 4. The summed E-state index contributed by atoms with van der Waals surface area (Å²) in [6.07, 6.45) is 4.28. The third kappa shape index (κ3) is 4.71. The van der Waals surface area contributed by atoms with Crippen molar-refractivity contribution >= 4 is 23.4 Å². The fraction of sp³-hybridized carbons (Fsp3) is 0.440. The fourth-order valence-corrected chi connectivity index (χ4v) is 4.92. The smallest absolute Gasteiger partial charge is 0.449 e. The SMILES string of the molecule is CC1(C)Cc2cc(OC(=O)O)ccc2NC1c1ccc(F)c(NC(=O)C2CCCCC2)c1. The van der Waals surface area contributed by atoms with Crippen LogP contribution in [0.5, 0.6) is 5.75 Å². The maximum atomic E-state index is 14.5. The van der Waals surface area contributed by atoms with E-state index >= 15 is 0 Å². The van der Waals surface area contributed by atoms with E-state index in [1.54, 1.807) is 30.3 Å². The van der Waals surface area contributed by atoms with Gasteiger partial charge in [0.25, 0.3) is 0 Å². The van der Waals surface area contributed by atoms with Gasteiger partial charge in [0.2, 0.25) is 5.91 Å². The van der Waals surface area contributed by atoms with Gasteiger partial charge in [0.05, 0.1) is 11.7 Å². The molecule has 2 aromatic rings. The van der Waals surface area contributed by atoms with Crippen molar-refractivity contribution in [1.29, 1.82) is 0 Å². The highest BCUT2D eigenvalue weighted by Gasteiger charge is 2.36. The summed E-state index contributed by atoms with van der Waals surface area (Å²) < 4.78 is 19.3. The van der Waals surface area contributed by atoms with Crippen LogP contribution in [0.25, 0.3) is 0 Å². The van der Waals surface area contributed by atoms with Crippen molar-refractivity contribution < 1.29 is 23.8 Å². The summed E-state index contributed by atoms with van der Waals surface area (Å²) in [5, 5.41) is 15.2. The maximum absolute atomic E-state index is 14.5. The van der Waals surface area contributed by atoms with Crippen LogP contribution in [0.15, 0.2) is 36.4 Å². The third-order valence-electron chi connectivity index (χ3n) is 6.57. The zero-order valence-electron chi connectivity index (χ0n) is 18.4. The summed E-state index contributed by atoms with van der Waals surface area (Å²) in [6.45, 7) is 4.20. The summed E-state index contributed by atoms with van der Waals surface area (Å²) in [7, 11) is 0. The Hall–Kier alpha value is -3.09. The average molecular weight is 441 g/mol. The molecule has 6 nitrogen and oxygen atoms in total. The Kier molecular flexibility index (Phi) is 6.09. The quantitative estimate of drug-likeness (QED) is 0.393. The van der Waals surface area contributed by atoms with Gasteiger partial charge in [-0.15, -0.1) is 0 Å². The van der Waals surface area contributed by atoms with Crippen molar-refractivity contribution in [2.24, 2.45) is 11.3 Å². The molecule has 1 fully saturated rings. The fourth-order valence-electron chi connectivity index (χ4n) is 4.92. The van der Waals surface area contributed by atoms with Crippen molar-refractivity contribution in [3.8, 4) is 5.75 Å². The first kappa shape index (κ1) is 22.1. The van der Waals surface area contributed by atoms with E-state index in [2.05, 4.69) is 24.5 Å². The molecule has 1 aliphatic carbocycles. The zero-order valence-corrected chi connectivity index (χ0v) is 18.4. The van der Waals surface area contributed by atoms with Crippen LogP contribution >= 0.6 is 0 Å². The van der Waals surface area contributed by atoms with Crippen LogP contribution in [0.1, 0.15) is 63.1 Å². The summed E-state index contributed by atoms with van der Waals surface area (Å²) in [6, 6.07) is 9.89. The predicted octanol–water partition coefficient (Wildman–Crippen LogP) is 6.14. The van der Waals surface area contributed by atoms with Gasteiger partial charge < -0.3 is 20.5 Å². The number of amides is 1. The van der Waals surface area contributed by atoms with Gasteiger partial charge in [-0.1, -0.05) is 39.2 Å². The van der Waals surface area contributed by atoms with Crippen LogP contribution in [0.4, 0.5) is 20.6 Å². The predicted molar refractivity (Wildman–Crippen MR) is 121 cm³/mol. The van der Waals surface area contributed by atoms with Gasteiger partial charge >= 0.3 is 6.16 Å². The molecule has 170 valence electrons. The number of hydrogen-bond donors (Lipinski definition) is 3. The molecule has 1 heterocycles. The van der Waals surface area contributed by atoms with Gasteiger partial charge in [-0.3, -0.25) is 4.79 Å². The molecule has 0 bridgehead atoms. The lowest BCUT2D eigenvalue weighted by Crippen LogP contribution is -2.35. The molecule has 2 aliphatic rings. The number of halogens is 1. The summed E-state index contributed by atoms with van der Waals surface area (Å²) >= 11 is 0. The molecular formula is C25H29FN2O4. The van der Waals surface area contributed by atoms with Crippen LogP contribution in [-0.4, -0.2) is 17.2 Å². The van der Waals surface area contributed by atoms with Crippen LogP contribution in [0.2, 0.25) is 0 Å². The monoisotopic (exact) mass is 440 g/mol. The highest BCUT2D eigenvalue weighted by Crippen LogP contribution is 2.46. The number of carbonyl (C=O) groups excluding carboxylic acids is 1. The molecule has 3 N–H and O–H groups in total. The molecule has 0 aromatic heterocycles. The lowest BCUT2D eigenvalue weighted by atomic mass is 9.73. The van der Waals surface area contributed by atoms with Crippen LogP contribution in [0.3, 0.4) is 0 Å². The third-order valence-corrected chi connectivity index (χ3v) is 6.57. The minimum Gasteiger partial charge on any atom is -0.449 e. The Labute approximate surface area is 187 Å². The maximum Gasteiger partial charge on any atom is 0.511 e. The lowest BCUT2D eigenvalue weighted by molar-refractivity contribution is -0.120. The van der Waals surface area contributed by atoms with E-state index in [0.717, 1.165) is 48.9 Å². The zero-order chi connectivity index (χ0) is 22.9. The number of nitrogens with one attached hydrogen (secondary N) is 2. The number of benzene rings is 2. The van der Waals surface area contributed by atoms with Crippen molar-refractivity contribution in [3.05, 3.63) is 53.3 Å². The van der Waals surface area contributed by atoms with E-state index in [1.807, 2.05) is 0 Å². The molecule has 1 saturated carbocycles. The van der Waals surface area contributed by atoms with E-state index in [1.165, 1.54) is 6.07 Å². The van der Waals surface area contributed by atoms with E-state index in [-0.39, 0.29) is 34.7 Å². The highest BCUT2D eigenvalue weighted by atomic mass is 19.1. The first-order valence-electron chi connectivity index (χ1n) is 11.1. The number of anilines is 2. The normalized spacial score (nSPS) is 20.0. The summed E-state index contributed by atoms with van der Waals surface area (Å²) in [5.74, 6) is -0.317. The molecule has 7 heteroatoms. The van der Waals surface area contributed by atoms with Gasteiger partial charge in [0.1, 0.15) is 11.6 Å². The molecule has 0 radical (unpaired) electrons. The van der Waals surface area contributed by atoms with Crippen molar-refractivity contribution in [1.82, 2.24) is 0 Å². The number of ether oxygens (including phenoxy) is 1. The van der Waals surface area contributed by atoms with Gasteiger partial charge in [-0.05, 0) is 66.1 Å². The van der Waals surface area contributed by atoms with Crippen LogP contribution in [-0.2, 0) is 11.2 Å². The van der Waals surface area contributed by atoms with E-state index in [9.17, 15) is 14.0 Å². The minimum absolute atomic E-state index is 0.0508. The second-order valence-corrected chi connectivity index (χ2v) is 9.49. The highest BCUT2D eigenvalue weighted by molar-refractivity contribution is 5.92. The molecule has 2 aromatic carbocycles. The molecule has 32 heavy (non-hydrogen) atoms. The van der Waals surface area contributed by atoms with Gasteiger partial charge in [0, 0.05) is 11.6 Å². The molecule has 0 spiro atoms. The second-order valence-electron chi connectivity index (χ2n) is 9.49. The van der Waals surface area contributed by atoms with Crippen molar-refractivity contribution in [2.45, 2.75) is 58.4 Å². The largest absolute Gasteiger partial charge is 0.511 e. The second kappa shape index (κ2) is 8.81. The Morgan fingerprint density at radius 1 is 1.12 bits per heavy atom. The molecule has 4 rings (SSSR count). The number of hydrogen-bond acceptors (Lipinski definition) is 4. The molecule has 1 atom stereocenters. The molecule has 0 saturated heterocycles. The van der Waals surface area contributed by atoms with Gasteiger partial charge in [-0.25, -0.2) is 9.18 Å². The Balaban J connectivity index is 1.57. The van der Waals surface area contributed by atoms with Gasteiger partial charge in [0.15, 0.2) is 0 Å². The number of carboxylic acid groups (broad SMARTS) is 1. The average Bonchev–Trinajstić information content (AvgIpc) is 2.74. The molecular weight excluding hydrogens is 411 g/mol. The summed E-state index contributed by atoms with van der Waals surface area (Å²) in [4.78, 5) is 23.5. The molecule has 1 unspecified atom stereocenters. The van der Waals surface area contributed by atoms with Crippen LogP contribution < -0.4 is 15.4 Å². The lowest BCUT2D eigenvalue weighted by Gasteiger charge is -2.41. The standard InChI is InChI=1S/C25H29FN2O4/c1-25(2)14-17-12-18(32-24(30)31)9-11-20(17)27-22(25)16-8-10-19(26)21(13-16)28-23(29)15-6-4-3-5-7-15/h8-13,15,22,27H,3-7,14H2,1-2H3,(H,28,29)(H,30,31).